The van der Waals surface area contributed by atoms with Gasteiger partial charge in [-0.1, -0.05) is 20.8 Å². The minimum atomic E-state index is 0.741. The zero-order valence-corrected chi connectivity index (χ0v) is 7.94. The van der Waals surface area contributed by atoms with Gasteiger partial charge in [-0.15, -0.1) is 0 Å². The summed E-state index contributed by atoms with van der Waals surface area (Å²) in [5.41, 5.74) is 0. The van der Waals surface area contributed by atoms with Crippen molar-refractivity contribution in [2.75, 3.05) is 0 Å². The van der Waals surface area contributed by atoms with E-state index in [9.17, 15) is 0 Å². The third-order valence-electron chi connectivity index (χ3n) is 2.13. The van der Waals surface area contributed by atoms with Crippen LogP contribution in [0.5, 0.6) is 0 Å². The summed E-state index contributed by atoms with van der Waals surface area (Å²) in [7, 11) is 0. The molecule has 1 heteroatoms. The van der Waals surface area contributed by atoms with E-state index in [1.807, 2.05) is 13.8 Å². The predicted octanol–water partition coefficient (Wildman–Crippen LogP) is 2.42. The topological polar surface area (TPSA) is 12.0 Å². The quantitative estimate of drug-likeness (QED) is 0.549. The van der Waals surface area contributed by atoms with E-state index in [1.54, 1.807) is 0 Å². The molecule has 3 unspecified atom stereocenters. The summed E-state index contributed by atoms with van der Waals surface area (Å²) in [5, 5.41) is 3.47. The molecule has 10 heavy (non-hydrogen) atoms. The first-order valence-corrected chi connectivity index (χ1v) is 4.46. The van der Waals surface area contributed by atoms with Crippen LogP contribution in [0.2, 0.25) is 0 Å². The molecule has 0 saturated carbocycles. The highest BCUT2D eigenvalue weighted by molar-refractivity contribution is 4.82. The van der Waals surface area contributed by atoms with Gasteiger partial charge in [0.15, 0.2) is 0 Å². The summed E-state index contributed by atoms with van der Waals surface area (Å²) >= 11 is 0. The smallest absolute Gasteiger partial charge is 0.00674 e. The molecule has 0 aromatic rings. The van der Waals surface area contributed by atoms with Gasteiger partial charge in [-0.2, -0.15) is 0 Å². The lowest BCUT2D eigenvalue weighted by Gasteiger charge is -2.06. The molecule has 0 amide bonds. The molecule has 0 aromatic carbocycles. The monoisotopic (exact) mass is 143 g/mol. The zero-order valence-electron chi connectivity index (χ0n) is 7.94. The Bertz CT molecular complexity index is 70.8. The van der Waals surface area contributed by atoms with E-state index < -0.39 is 0 Å². The van der Waals surface area contributed by atoms with Crippen LogP contribution >= 0.6 is 0 Å². The van der Waals surface area contributed by atoms with Crippen molar-refractivity contribution in [1.29, 1.82) is 0 Å². The maximum Gasteiger partial charge on any atom is 0.00674 e. The van der Waals surface area contributed by atoms with Gasteiger partial charge >= 0.3 is 0 Å². The molecule has 1 fully saturated rings. The molecule has 1 aliphatic rings. The second-order valence-electron chi connectivity index (χ2n) is 3.07. The van der Waals surface area contributed by atoms with E-state index in [4.69, 9.17) is 0 Å². The van der Waals surface area contributed by atoms with Gasteiger partial charge in [0.05, 0.1) is 0 Å². The van der Waals surface area contributed by atoms with Crippen LogP contribution in [-0.4, -0.2) is 12.1 Å². The lowest BCUT2D eigenvalue weighted by atomic mass is 10.0. The van der Waals surface area contributed by atoms with Crippen LogP contribution in [0.1, 0.15) is 41.0 Å². The Balaban J connectivity index is 0.000000371. The van der Waals surface area contributed by atoms with Crippen molar-refractivity contribution in [3.05, 3.63) is 0 Å². The Morgan fingerprint density at radius 3 is 1.70 bits per heavy atom. The van der Waals surface area contributed by atoms with Crippen molar-refractivity contribution in [1.82, 2.24) is 5.32 Å². The van der Waals surface area contributed by atoms with Crippen molar-refractivity contribution in [2.24, 2.45) is 5.92 Å². The van der Waals surface area contributed by atoms with Crippen LogP contribution in [-0.2, 0) is 0 Å². The molecule has 0 aromatic heterocycles. The molecule has 1 rings (SSSR count). The summed E-state index contributed by atoms with van der Waals surface area (Å²) in [4.78, 5) is 0. The first kappa shape index (κ1) is 9.96. The molecule has 1 heterocycles. The maximum absolute atomic E-state index is 3.47. The number of hydrogen-bond acceptors (Lipinski definition) is 1. The summed E-state index contributed by atoms with van der Waals surface area (Å²) in [5.74, 6) is 0.880. The summed E-state index contributed by atoms with van der Waals surface area (Å²) in [6.45, 7) is 10.8. The average Bonchev–Trinajstić information content (AvgIpc) is 2.16. The molecule has 0 radical (unpaired) electrons. The van der Waals surface area contributed by atoms with Crippen LogP contribution in [0.25, 0.3) is 0 Å². The second kappa shape index (κ2) is 4.73. The SMILES string of the molecule is CC.CC1CC(C)C(C)N1. The Kier molecular flexibility index (Phi) is 4.71. The first-order chi connectivity index (χ1) is 4.70. The summed E-state index contributed by atoms with van der Waals surface area (Å²) in [6, 6.07) is 1.49. The molecule has 0 aliphatic carbocycles. The Hall–Kier alpha value is -0.0400. The van der Waals surface area contributed by atoms with E-state index in [-0.39, 0.29) is 0 Å². The van der Waals surface area contributed by atoms with Crippen molar-refractivity contribution < 1.29 is 0 Å². The van der Waals surface area contributed by atoms with Crippen LogP contribution in [0.3, 0.4) is 0 Å². The van der Waals surface area contributed by atoms with E-state index in [1.165, 1.54) is 6.42 Å². The lowest BCUT2D eigenvalue weighted by Crippen LogP contribution is -2.25. The highest BCUT2D eigenvalue weighted by Gasteiger charge is 2.23. The van der Waals surface area contributed by atoms with Crippen molar-refractivity contribution in [3.63, 3.8) is 0 Å². The molecule has 3 atom stereocenters. The molecule has 1 nitrogen and oxygen atoms in total. The van der Waals surface area contributed by atoms with E-state index in [0.717, 1.165) is 18.0 Å². The molecule has 0 bridgehead atoms. The molecule has 0 spiro atoms. The summed E-state index contributed by atoms with van der Waals surface area (Å²) < 4.78 is 0. The third-order valence-corrected chi connectivity index (χ3v) is 2.13. The van der Waals surface area contributed by atoms with Crippen molar-refractivity contribution >= 4 is 0 Å². The normalized spacial score (nSPS) is 38.7. The maximum atomic E-state index is 3.47. The minimum Gasteiger partial charge on any atom is -0.312 e. The van der Waals surface area contributed by atoms with Crippen LogP contribution < -0.4 is 5.32 Å². The second-order valence-corrected chi connectivity index (χ2v) is 3.07. The van der Waals surface area contributed by atoms with Crippen molar-refractivity contribution in [3.8, 4) is 0 Å². The van der Waals surface area contributed by atoms with Crippen molar-refractivity contribution in [2.45, 2.75) is 53.1 Å². The van der Waals surface area contributed by atoms with E-state index in [2.05, 4.69) is 26.1 Å². The van der Waals surface area contributed by atoms with E-state index in [0.29, 0.717) is 0 Å². The first-order valence-electron chi connectivity index (χ1n) is 4.46. The van der Waals surface area contributed by atoms with Gasteiger partial charge in [0.2, 0.25) is 0 Å². The Morgan fingerprint density at radius 1 is 1.10 bits per heavy atom. The number of rotatable bonds is 0. The highest BCUT2D eigenvalue weighted by atomic mass is 15.0. The van der Waals surface area contributed by atoms with Gasteiger partial charge in [0.1, 0.15) is 0 Å². The molecule has 1 aliphatic heterocycles. The standard InChI is InChI=1S/C7H15N.C2H6/c1-5-4-6(2)8-7(5)3;1-2/h5-8H,4H2,1-3H3;1-2H3. The Labute approximate surface area is 65.2 Å². The van der Waals surface area contributed by atoms with Gasteiger partial charge in [-0.25, -0.2) is 0 Å². The molecule has 62 valence electrons. The zero-order chi connectivity index (χ0) is 8.15. The van der Waals surface area contributed by atoms with E-state index >= 15 is 0 Å². The van der Waals surface area contributed by atoms with Crippen LogP contribution in [0.4, 0.5) is 0 Å². The lowest BCUT2D eigenvalue weighted by molar-refractivity contribution is 0.518. The van der Waals surface area contributed by atoms with Gasteiger partial charge in [0.25, 0.3) is 0 Å². The van der Waals surface area contributed by atoms with Gasteiger partial charge in [-0.3, -0.25) is 0 Å². The van der Waals surface area contributed by atoms with Crippen LogP contribution in [0, 0.1) is 5.92 Å². The largest absolute Gasteiger partial charge is 0.312 e. The average molecular weight is 143 g/mol. The molecular formula is C9H21N. The van der Waals surface area contributed by atoms with Gasteiger partial charge in [-0.05, 0) is 26.2 Å². The third kappa shape index (κ3) is 2.70. The van der Waals surface area contributed by atoms with Crippen LogP contribution in [0.15, 0.2) is 0 Å². The fourth-order valence-corrected chi connectivity index (χ4v) is 1.44. The Morgan fingerprint density at radius 2 is 1.60 bits per heavy atom. The highest BCUT2D eigenvalue weighted by Crippen LogP contribution is 2.18. The van der Waals surface area contributed by atoms with Gasteiger partial charge in [0, 0.05) is 12.1 Å². The molecule has 1 N–H and O–H groups in total. The molecular weight excluding hydrogens is 122 g/mol. The fourth-order valence-electron chi connectivity index (χ4n) is 1.44. The minimum absolute atomic E-state index is 0.741. The van der Waals surface area contributed by atoms with Gasteiger partial charge < -0.3 is 5.32 Å². The molecule has 1 saturated heterocycles. The number of nitrogens with one attached hydrogen (secondary N) is 1. The fraction of sp³-hybridized carbons (Fsp3) is 1.00. The predicted molar refractivity (Wildman–Crippen MR) is 47.2 cm³/mol. The summed E-state index contributed by atoms with van der Waals surface area (Å²) in [6.07, 6.45) is 1.35. The number of hydrogen-bond donors (Lipinski definition) is 1.